The average molecular weight is 410 g/mol. The molecule has 0 atom stereocenters. The van der Waals surface area contributed by atoms with Gasteiger partial charge in [0.2, 0.25) is 11.8 Å². The summed E-state index contributed by atoms with van der Waals surface area (Å²) in [6.45, 7) is -0.114. The van der Waals surface area contributed by atoms with Crippen LogP contribution in [0.5, 0.6) is 0 Å². The standard InChI is InChI=1S/C25H22N4O2/c30-23(27-20-12-11-17-8-4-9-19(17)14-20)16-29-24(31)15-22(18-6-2-1-3-7-18)28-21-10-5-13-26-25(21)29/h1-3,5-7,10-14H,4,8-9,15-16H2,(H,27,30). The minimum atomic E-state index is -0.258. The Morgan fingerprint density at radius 3 is 2.71 bits per heavy atom. The molecule has 6 nitrogen and oxygen atoms in total. The lowest BCUT2D eigenvalue weighted by atomic mass is 10.1. The third kappa shape index (κ3) is 3.97. The van der Waals surface area contributed by atoms with Gasteiger partial charge in [0.1, 0.15) is 12.2 Å². The van der Waals surface area contributed by atoms with Crippen molar-refractivity contribution in [1.29, 1.82) is 0 Å². The summed E-state index contributed by atoms with van der Waals surface area (Å²) < 4.78 is 0. The van der Waals surface area contributed by atoms with E-state index in [1.807, 2.05) is 48.5 Å². The highest BCUT2D eigenvalue weighted by molar-refractivity contribution is 6.18. The number of aryl methyl sites for hydroxylation is 2. The Hall–Kier alpha value is -3.80. The van der Waals surface area contributed by atoms with Crippen LogP contribution in [-0.2, 0) is 22.4 Å². The Bertz CT molecular complexity index is 1190. The first-order valence-electron chi connectivity index (χ1n) is 10.5. The third-order valence-corrected chi connectivity index (χ3v) is 5.69. The predicted molar refractivity (Wildman–Crippen MR) is 121 cm³/mol. The highest BCUT2D eigenvalue weighted by Crippen LogP contribution is 2.31. The van der Waals surface area contributed by atoms with Crippen molar-refractivity contribution in [3.63, 3.8) is 0 Å². The van der Waals surface area contributed by atoms with Gasteiger partial charge in [-0.1, -0.05) is 36.4 Å². The molecule has 0 radical (unpaired) electrons. The van der Waals surface area contributed by atoms with E-state index in [1.165, 1.54) is 16.0 Å². The smallest absolute Gasteiger partial charge is 0.244 e. The van der Waals surface area contributed by atoms with Gasteiger partial charge in [0, 0.05) is 11.9 Å². The molecule has 0 unspecified atom stereocenters. The van der Waals surface area contributed by atoms with Crippen LogP contribution in [0, 0.1) is 0 Å². The summed E-state index contributed by atoms with van der Waals surface area (Å²) in [4.78, 5) is 36.5. The van der Waals surface area contributed by atoms with Gasteiger partial charge in [-0.3, -0.25) is 14.5 Å². The highest BCUT2D eigenvalue weighted by Gasteiger charge is 2.27. The molecule has 1 N–H and O–H groups in total. The zero-order chi connectivity index (χ0) is 21.2. The first-order chi connectivity index (χ1) is 15.2. The van der Waals surface area contributed by atoms with E-state index in [-0.39, 0.29) is 24.8 Å². The average Bonchev–Trinajstić information content (AvgIpc) is 3.20. The zero-order valence-electron chi connectivity index (χ0n) is 17.0. The van der Waals surface area contributed by atoms with Crippen molar-refractivity contribution in [2.45, 2.75) is 25.7 Å². The van der Waals surface area contributed by atoms with Gasteiger partial charge >= 0.3 is 0 Å². The molecule has 5 rings (SSSR count). The molecule has 2 aromatic carbocycles. The number of rotatable bonds is 4. The quantitative estimate of drug-likeness (QED) is 0.705. The van der Waals surface area contributed by atoms with Crippen LogP contribution < -0.4 is 10.2 Å². The maximum absolute atomic E-state index is 13.1. The normalized spacial score (nSPS) is 15.0. The van der Waals surface area contributed by atoms with Crippen molar-refractivity contribution in [1.82, 2.24) is 4.98 Å². The molecule has 1 aliphatic heterocycles. The lowest BCUT2D eigenvalue weighted by molar-refractivity contribution is -0.120. The Morgan fingerprint density at radius 1 is 1.00 bits per heavy atom. The molecule has 0 saturated carbocycles. The first kappa shape index (κ1) is 19.2. The molecule has 2 heterocycles. The van der Waals surface area contributed by atoms with E-state index in [1.54, 1.807) is 12.3 Å². The van der Waals surface area contributed by atoms with Crippen LogP contribution in [0.4, 0.5) is 17.2 Å². The van der Waals surface area contributed by atoms with Crippen LogP contribution >= 0.6 is 0 Å². The zero-order valence-corrected chi connectivity index (χ0v) is 17.0. The molecule has 0 saturated heterocycles. The topological polar surface area (TPSA) is 74.7 Å². The molecule has 2 aliphatic rings. The van der Waals surface area contributed by atoms with Crippen LogP contribution in [0.3, 0.4) is 0 Å². The number of benzene rings is 2. The van der Waals surface area contributed by atoms with Gasteiger partial charge in [-0.05, 0) is 60.2 Å². The number of aromatic nitrogens is 1. The fourth-order valence-corrected chi connectivity index (χ4v) is 4.18. The minimum Gasteiger partial charge on any atom is -0.325 e. The van der Waals surface area contributed by atoms with Crippen molar-refractivity contribution in [3.8, 4) is 0 Å². The molecule has 31 heavy (non-hydrogen) atoms. The molecule has 3 aromatic rings. The second-order valence-electron chi connectivity index (χ2n) is 7.81. The molecular weight excluding hydrogens is 388 g/mol. The molecule has 6 heteroatoms. The van der Waals surface area contributed by atoms with E-state index in [9.17, 15) is 9.59 Å². The maximum Gasteiger partial charge on any atom is 0.244 e. The summed E-state index contributed by atoms with van der Waals surface area (Å²) in [6.07, 6.45) is 5.01. The minimum absolute atomic E-state index is 0.104. The molecule has 0 spiro atoms. The molecule has 0 fully saturated rings. The summed E-state index contributed by atoms with van der Waals surface area (Å²) in [6, 6.07) is 19.2. The number of fused-ring (bicyclic) bond motifs is 2. The van der Waals surface area contributed by atoms with Crippen molar-refractivity contribution in [2.24, 2.45) is 4.99 Å². The fourth-order valence-electron chi connectivity index (χ4n) is 4.18. The van der Waals surface area contributed by atoms with Crippen LogP contribution in [0.2, 0.25) is 0 Å². The van der Waals surface area contributed by atoms with Crippen LogP contribution in [0.15, 0.2) is 71.9 Å². The number of nitrogens with zero attached hydrogens (tertiary/aromatic N) is 3. The highest BCUT2D eigenvalue weighted by atomic mass is 16.2. The van der Waals surface area contributed by atoms with Gasteiger partial charge in [-0.25, -0.2) is 9.98 Å². The first-order valence-corrected chi connectivity index (χ1v) is 10.5. The lowest BCUT2D eigenvalue weighted by Gasteiger charge is -2.20. The largest absolute Gasteiger partial charge is 0.325 e. The van der Waals surface area contributed by atoms with Crippen molar-refractivity contribution in [2.75, 3.05) is 16.8 Å². The van der Waals surface area contributed by atoms with E-state index in [2.05, 4.69) is 16.4 Å². The van der Waals surface area contributed by atoms with Gasteiger partial charge in [-0.15, -0.1) is 0 Å². The number of amides is 2. The predicted octanol–water partition coefficient (Wildman–Crippen LogP) is 4.07. The van der Waals surface area contributed by atoms with Crippen molar-refractivity contribution in [3.05, 3.63) is 83.6 Å². The lowest BCUT2D eigenvalue weighted by Crippen LogP contribution is -2.39. The summed E-state index contributed by atoms with van der Waals surface area (Å²) in [5.74, 6) is -0.0576. The Kier molecular flexibility index (Phi) is 5.04. The number of carbonyl (C=O) groups excluding carboxylic acids is 2. The van der Waals surface area contributed by atoms with E-state index in [4.69, 9.17) is 4.99 Å². The van der Waals surface area contributed by atoms with Crippen molar-refractivity contribution >= 4 is 34.7 Å². The van der Waals surface area contributed by atoms with Crippen LogP contribution in [0.1, 0.15) is 29.5 Å². The fraction of sp³-hybridized carbons (Fsp3) is 0.200. The summed E-state index contributed by atoms with van der Waals surface area (Å²) in [7, 11) is 0. The number of aliphatic imine (C=N–C) groups is 1. The number of pyridine rings is 1. The Labute approximate surface area is 180 Å². The molecule has 154 valence electrons. The number of anilines is 2. The van der Waals surface area contributed by atoms with Gasteiger partial charge in [-0.2, -0.15) is 0 Å². The number of hydrogen-bond acceptors (Lipinski definition) is 4. The monoisotopic (exact) mass is 410 g/mol. The Balaban J connectivity index is 1.39. The van der Waals surface area contributed by atoms with Gasteiger partial charge in [0.25, 0.3) is 0 Å². The summed E-state index contributed by atoms with van der Waals surface area (Å²) in [5.41, 5.74) is 5.53. The van der Waals surface area contributed by atoms with Gasteiger partial charge in [0.05, 0.1) is 12.1 Å². The second kappa shape index (κ2) is 8.14. The van der Waals surface area contributed by atoms with Crippen LogP contribution in [-0.4, -0.2) is 29.1 Å². The number of hydrogen-bond donors (Lipinski definition) is 1. The number of carbonyl (C=O) groups is 2. The molecule has 1 aliphatic carbocycles. The SMILES string of the molecule is O=C(CN1C(=O)CC(c2ccccc2)=Nc2cccnc21)Nc1ccc2c(c1)CCC2. The number of nitrogens with one attached hydrogen (secondary N) is 1. The van der Waals surface area contributed by atoms with Crippen LogP contribution in [0.25, 0.3) is 0 Å². The van der Waals surface area contributed by atoms with E-state index in [0.29, 0.717) is 17.2 Å². The summed E-state index contributed by atoms with van der Waals surface area (Å²) in [5, 5.41) is 2.94. The summed E-state index contributed by atoms with van der Waals surface area (Å²) >= 11 is 0. The van der Waals surface area contributed by atoms with Gasteiger partial charge < -0.3 is 5.32 Å². The third-order valence-electron chi connectivity index (χ3n) is 5.69. The molecule has 2 amide bonds. The Morgan fingerprint density at radius 2 is 1.84 bits per heavy atom. The maximum atomic E-state index is 13.1. The van der Waals surface area contributed by atoms with E-state index >= 15 is 0 Å². The molecule has 0 bridgehead atoms. The molecule has 1 aromatic heterocycles. The van der Waals surface area contributed by atoms with Crippen molar-refractivity contribution < 1.29 is 9.59 Å². The molecular formula is C25H22N4O2. The van der Waals surface area contributed by atoms with Gasteiger partial charge in [0.15, 0.2) is 5.82 Å². The van der Waals surface area contributed by atoms with E-state index < -0.39 is 0 Å². The van der Waals surface area contributed by atoms with E-state index in [0.717, 1.165) is 30.5 Å². The second-order valence-corrected chi connectivity index (χ2v) is 7.81.